The molecule has 0 radical (unpaired) electrons. The zero-order valence-electron chi connectivity index (χ0n) is 12.3. The average molecular weight is 453 g/mol. The summed E-state index contributed by atoms with van der Waals surface area (Å²) in [4.78, 5) is 4.40. The molecule has 1 heterocycles. The van der Waals surface area contributed by atoms with Crippen molar-refractivity contribution in [3.8, 4) is 22.4 Å². The van der Waals surface area contributed by atoms with Crippen molar-refractivity contribution >= 4 is 75.3 Å². The molecule has 0 saturated heterocycles. The number of hydrogen-bond donors (Lipinski definition) is 1. The van der Waals surface area contributed by atoms with E-state index in [1.165, 1.54) is 6.20 Å². The summed E-state index contributed by atoms with van der Waals surface area (Å²) in [5, 5.41) is 1.75. The molecule has 0 fully saturated rings. The van der Waals surface area contributed by atoms with Crippen molar-refractivity contribution in [3.05, 3.63) is 66.7 Å². The monoisotopic (exact) mass is 450 g/mol. The van der Waals surface area contributed by atoms with Crippen molar-refractivity contribution in [3.63, 3.8) is 0 Å². The third-order valence-electron chi connectivity index (χ3n) is 3.52. The second-order valence-corrected chi connectivity index (χ2v) is 7.44. The number of benzene rings is 2. The maximum Gasteiger partial charge on any atom is 0.0798 e. The average Bonchev–Trinajstić information content (AvgIpc) is 2.58. The molecule has 2 N–H and O–H groups in total. The van der Waals surface area contributed by atoms with Gasteiger partial charge in [0.2, 0.25) is 0 Å². The first-order chi connectivity index (χ1) is 11.8. The Morgan fingerprint density at radius 1 is 0.640 bits per heavy atom. The zero-order chi connectivity index (χ0) is 18.3. The standard InChI is InChI=1S/C17H8Cl6N2/c18-11-3-1-8(13(20)15(11)22)10-5-7(24)6-25-17(10)9-2-4-12(19)16(23)14(9)21/h1-6H,24H2. The van der Waals surface area contributed by atoms with Gasteiger partial charge in [0.25, 0.3) is 0 Å². The number of aromatic nitrogens is 1. The summed E-state index contributed by atoms with van der Waals surface area (Å²) in [6, 6.07) is 8.48. The number of halogens is 6. The van der Waals surface area contributed by atoms with Crippen LogP contribution in [-0.4, -0.2) is 4.98 Å². The molecule has 0 amide bonds. The van der Waals surface area contributed by atoms with Gasteiger partial charge in [-0.2, -0.15) is 0 Å². The molecule has 0 spiro atoms. The molecule has 1 aromatic heterocycles. The molecule has 0 aliphatic heterocycles. The summed E-state index contributed by atoms with van der Waals surface area (Å²) in [6.45, 7) is 0. The first kappa shape index (κ1) is 18.9. The van der Waals surface area contributed by atoms with E-state index < -0.39 is 0 Å². The molecule has 0 unspecified atom stereocenters. The van der Waals surface area contributed by atoms with Crippen LogP contribution in [-0.2, 0) is 0 Å². The van der Waals surface area contributed by atoms with Gasteiger partial charge in [-0.3, -0.25) is 4.98 Å². The van der Waals surface area contributed by atoms with Crippen LogP contribution >= 0.6 is 69.6 Å². The lowest BCUT2D eigenvalue weighted by atomic mass is 9.98. The van der Waals surface area contributed by atoms with Gasteiger partial charge < -0.3 is 5.73 Å². The van der Waals surface area contributed by atoms with Crippen molar-refractivity contribution in [2.75, 3.05) is 5.73 Å². The van der Waals surface area contributed by atoms with Crippen LogP contribution in [0.25, 0.3) is 22.4 Å². The van der Waals surface area contributed by atoms with Crippen LogP contribution in [0.4, 0.5) is 5.69 Å². The molecule has 0 atom stereocenters. The van der Waals surface area contributed by atoms with E-state index in [0.717, 1.165) is 0 Å². The number of nitrogens with zero attached hydrogens (tertiary/aromatic N) is 1. The van der Waals surface area contributed by atoms with E-state index in [4.69, 9.17) is 75.3 Å². The highest BCUT2D eigenvalue weighted by atomic mass is 35.5. The van der Waals surface area contributed by atoms with Gasteiger partial charge in [-0.25, -0.2) is 0 Å². The Bertz CT molecular complexity index is 987. The van der Waals surface area contributed by atoms with Crippen LogP contribution < -0.4 is 5.73 Å². The van der Waals surface area contributed by atoms with Gasteiger partial charge in [0, 0.05) is 16.7 Å². The molecule has 8 heteroatoms. The maximum atomic E-state index is 6.38. The van der Waals surface area contributed by atoms with Crippen molar-refractivity contribution < 1.29 is 0 Å². The zero-order valence-corrected chi connectivity index (χ0v) is 16.8. The first-order valence-electron chi connectivity index (χ1n) is 6.84. The second-order valence-electron chi connectivity index (χ2n) is 5.11. The van der Waals surface area contributed by atoms with Gasteiger partial charge in [-0.15, -0.1) is 0 Å². The van der Waals surface area contributed by atoms with Crippen LogP contribution in [0, 0.1) is 0 Å². The van der Waals surface area contributed by atoms with E-state index in [0.29, 0.717) is 43.1 Å². The molecular weight excluding hydrogens is 445 g/mol. The van der Waals surface area contributed by atoms with E-state index in [-0.39, 0.29) is 15.1 Å². The van der Waals surface area contributed by atoms with Crippen LogP contribution in [0.5, 0.6) is 0 Å². The van der Waals surface area contributed by atoms with Crippen LogP contribution in [0.3, 0.4) is 0 Å². The summed E-state index contributed by atoms with van der Waals surface area (Å²) in [5.41, 5.74) is 8.76. The van der Waals surface area contributed by atoms with Gasteiger partial charge in [-0.05, 0) is 24.3 Å². The lowest BCUT2D eigenvalue weighted by Crippen LogP contribution is -1.95. The Labute approximate surface area is 174 Å². The molecule has 3 aromatic rings. The molecule has 0 aliphatic carbocycles. The highest BCUT2D eigenvalue weighted by Crippen LogP contribution is 2.44. The largest absolute Gasteiger partial charge is 0.397 e. The molecule has 2 aromatic carbocycles. The number of anilines is 1. The Morgan fingerprint density at radius 2 is 1.16 bits per heavy atom. The van der Waals surface area contributed by atoms with Crippen molar-refractivity contribution in [1.82, 2.24) is 4.98 Å². The first-order valence-corrected chi connectivity index (χ1v) is 9.11. The third kappa shape index (κ3) is 3.52. The van der Waals surface area contributed by atoms with Crippen molar-refractivity contribution in [2.24, 2.45) is 0 Å². The van der Waals surface area contributed by atoms with Crippen LogP contribution in [0.2, 0.25) is 30.1 Å². The quantitative estimate of drug-likeness (QED) is 0.401. The fourth-order valence-electron chi connectivity index (χ4n) is 2.34. The molecule has 0 bridgehead atoms. The summed E-state index contributed by atoms with van der Waals surface area (Å²) in [7, 11) is 0. The number of nitrogens with two attached hydrogens (primary N) is 1. The fourth-order valence-corrected chi connectivity index (χ4v) is 3.61. The van der Waals surface area contributed by atoms with Gasteiger partial charge >= 0.3 is 0 Å². The third-order valence-corrected chi connectivity index (χ3v) is 6.11. The lowest BCUT2D eigenvalue weighted by Gasteiger charge is -2.14. The van der Waals surface area contributed by atoms with E-state index >= 15 is 0 Å². The van der Waals surface area contributed by atoms with Crippen molar-refractivity contribution in [1.29, 1.82) is 0 Å². The van der Waals surface area contributed by atoms with Gasteiger partial charge in [-0.1, -0.05) is 75.7 Å². The van der Waals surface area contributed by atoms with Crippen LogP contribution in [0.15, 0.2) is 36.5 Å². The Morgan fingerprint density at radius 3 is 1.76 bits per heavy atom. The van der Waals surface area contributed by atoms with E-state index in [9.17, 15) is 0 Å². The molecule has 25 heavy (non-hydrogen) atoms. The highest BCUT2D eigenvalue weighted by molar-refractivity contribution is 6.50. The Hall–Kier alpha value is -0.870. The topological polar surface area (TPSA) is 38.9 Å². The molecule has 0 aliphatic rings. The van der Waals surface area contributed by atoms with Gasteiger partial charge in [0.05, 0.1) is 47.7 Å². The van der Waals surface area contributed by atoms with E-state index in [1.54, 1.807) is 30.3 Å². The maximum absolute atomic E-state index is 6.38. The summed E-state index contributed by atoms with van der Waals surface area (Å²) in [5.74, 6) is 0. The molecular formula is C17H8Cl6N2. The predicted molar refractivity (Wildman–Crippen MR) is 110 cm³/mol. The molecule has 0 saturated carbocycles. The van der Waals surface area contributed by atoms with Gasteiger partial charge in [0.15, 0.2) is 0 Å². The Kier molecular flexibility index (Phi) is 5.60. The molecule has 3 rings (SSSR count). The van der Waals surface area contributed by atoms with Gasteiger partial charge in [0.1, 0.15) is 0 Å². The highest BCUT2D eigenvalue weighted by Gasteiger charge is 2.19. The second kappa shape index (κ2) is 7.40. The smallest absolute Gasteiger partial charge is 0.0798 e. The lowest BCUT2D eigenvalue weighted by molar-refractivity contribution is 1.33. The minimum atomic E-state index is 0.241. The SMILES string of the molecule is Nc1cnc(-c2ccc(Cl)c(Cl)c2Cl)c(-c2ccc(Cl)c(Cl)c2Cl)c1. The molecule has 128 valence electrons. The van der Waals surface area contributed by atoms with E-state index in [2.05, 4.69) is 4.98 Å². The minimum Gasteiger partial charge on any atom is -0.397 e. The minimum absolute atomic E-state index is 0.241. The number of pyridine rings is 1. The number of rotatable bonds is 2. The normalized spacial score (nSPS) is 11.0. The fraction of sp³-hybridized carbons (Fsp3) is 0. The molecule has 2 nitrogen and oxygen atoms in total. The number of nitrogen functional groups attached to an aromatic ring is 1. The number of hydrogen-bond acceptors (Lipinski definition) is 2. The summed E-state index contributed by atoms with van der Waals surface area (Å²) in [6.07, 6.45) is 1.52. The Balaban J connectivity index is 2.32. The van der Waals surface area contributed by atoms with Crippen LogP contribution in [0.1, 0.15) is 0 Å². The van der Waals surface area contributed by atoms with Crippen molar-refractivity contribution in [2.45, 2.75) is 0 Å². The predicted octanol–water partition coefficient (Wildman–Crippen LogP) is 7.92. The summed E-state index contributed by atoms with van der Waals surface area (Å²) >= 11 is 37.1. The van der Waals surface area contributed by atoms with E-state index in [1.807, 2.05) is 0 Å². The summed E-state index contributed by atoms with van der Waals surface area (Å²) < 4.78 is 0.